The van der Waals surface area contributed by atoms with E-state index >= 15 is 0 Å². The number of nitrogens with zero attached hydrogens (tertiary/aromatic N) is 2. The second-order valence-corrected chi connectivity index (χ2v) is 7.11. The van der Waals surface area contributed by atoms with E-state index in [4.69, 9.17) is 23.2 Å². The highest BCUT2D eigenvalue weighted by molar-refractivity contribution is 6.35. The molecule has 1 fully saturated rings. The number of hydrogen-bond acceptors (Lipinski definition) is 3. The van der Waals surface area contributed by atoms with Crippen molar-refractivity contribution in [2.75, 3.05) is 43.4 Å². The van der Waals surface area contributed by atoms with Gasteiger partial charge >= 0.3 is 0 Å². The number of amides is 1. The van der Waals surface area contributed by atoms with Crippen molar-refractivity contribution in [2.45, 2.75) is 6.42 Å². The molecule has 0 saturated carbocycles. The Hall–Kier alpha value is -1.75. The number of carbonyl (C=O) groups excluding carboxylic acids is 1. The lowest BCUT2D eigenvalue weighted by Gasteiger charge is -2.35. The highest BCUT2D eigenvalue weighted by atomic mass is 35.5. The number of halogens is 2. The molecule has 2 aromatic carbocycles. The first kappa shape index (κ1) is 18.1. The van der Waals surface area contributed by atoms with Crippen LogP contribution in [-0.2, 0) is 11.2 Å². The Labute approximate surface area is 158 Å². The molecule has 4 nitrogen and oxygen atoms in total. The summed E-state index contributed by atoms with van der Waals surface area (Å²) in [6.07, 6.45) is 0.215. The fraction of sp³-hybridized carbons (Fsp3) is 0.316. The molecular formula is C19H21Cl2N3O. The van der Waals surface area contributed by atoms with E-state index in [0.717, 1.165) is 43.1 Å². The largest absolute Gasteiger partial charge is 0.367 e. The summed E-state index contributed by atoms with van der Waals surface area (Å²) in [5.41, 5.74) is 2.66. The van der Waals surface area contributed by atoms with Crippen molar-refractivity contribution in [1.82, 2.24) is 4.90 Å². The van der Waals surface area contributed by atoms with Crippen molar-refractivity contribution in [3.05, 3.63) is 58.1 Å². The first-order valence-corrected chi connectivity index (χ1v) is 9.05. The molecule has 0 spiro atoms. The number of carbonyl (C=O) groups is 1. The molecule has 25 heavy (non-hydrogen) atoms. The Kier molecular flexibility index (Phi) is 5.84. The van der Waals surface area contributed by atoms with Crippen LogP contribution >= 0.6 is 23.2 Å². The van der Waals surface area contributed by atoms with Crippen LogP contribution in [0.5, 0.6) is 0 Å². The molecule has 132 valence electrons. The van der Waals surface area contributed by atoms with E-state index in [2.05, 4.69) is 28.2 Å². The minimum Gasteiger partial charge on any atom is -0.367 e. The molecule has 0 aliphatic carbocycles. The second-order valence-electron chi connectivity index (χ2n) is 6.27. The van der Waals surface area contributed by atoms with Gasteiger partial charge in [0.25, 0.3) is 0 Å². The van der Waals surface area contributed by atoms with Crippen LogP contribution in [0.4, 0.5) is 11.4 Å². The van der Waals surface area contributed by atoms with Crippen LogP contribution in [0.3, 0.4) is 0 Å². The predicted octanol–water partition coefficient (Wildman–Crippen LogP) is 3.93. The summed E-state index contributed by atoms with van der Waals surface area (Å²) < 4.78 is 0. The van der Waals surface area contributed by atoms with Crippen LogP contribution in [0.2, 0.25) is 10.0 Å². The van der Waals surface area contributed by atoms with E-state index < -0.39 is 0 Å². The van der Waals surface area contributed by atoms with Crippen molar-refractivity contribution in [1.29, 1.82) is 0 Å². The zero-order valence-corrected chi connectivity index (χ0v) is 15.6. The molecule has 1 heterocycles. The lowest BCUT2D eigenvalue weighted by atomic mass is 10.1. The van der Waals surface area contributed by atoms with Gasteiger partial charge in [0.2, 0.25) is 5.91 Å². The van der Waals surface area contributed by atoms with Gasteiger partial charge in [-0.25, -0.2) is 0 Å². The molecule has 0 radical (unpaired) electrons. The van der Waals surface area contributed by atoms with Crippen LogP contribution in [-0.4, -0.2) is 44.0 Å². The Morgan fingerprint density at radius 1 is 1.08 bits per heavy atom. The number of hydrogen-bond donors (Lipinski definition) is 1. The van der Waals surface area contributed by atoms with E-state index in [1.165, 1.54) is 0 Å². The van der Waals surface area contributed by atoms with Gasteiger partial charge < -0.3 is 15.1 Å². The van der Waals surface area contributed by atoms with E-state index in [9.17, 15) is 4.79 Å². The summed E-state index contributed by atoms with van der Waals surface area (Å²) in [5.74, 6) is -0.0919. The van der Waals surface area contributed by atoms with Gasteiger partial charge in [0.05, 0.1) is 17.8 Å². The van der Waals surface area contributed by atoms with Gasteiger partial charge in [-0.05, 0) is 36.9 Å². The molecule has 3 rings (SSSR count). The molecule has 2 aromatic rings. The van der Waals surface area contributed by atoms with Gasteiger partial charge in [-0.15, -0.1) is 0 Å². The van der Waals surface area contributed by atoms with Crippen LogP contribution in [0.15, 0.2) is 42.5 Å². The third kappa shape index (κ3) is 4.66. The standard InChI is InChI=1S/C19H21Cl2N3O/c1-23-8-10-24(11-9-23)18-5-3-2-4-17(18)22-19(25)12-14-6-7-15(20)13-16(14)21/h2-7,13H,8-12H2,1H3,(H,22,25). The zero-order valence-electron chi connectivity index (χ0n) is 14.1. The van der Waals surface area contributed by atoms with Gasteiger partial charge in [0, 0.05) is 36.2 Å². The van der Waals surface area contributed by atoms with Crippen molar-refractivity contribution in [2.24, 2.45) is 0 Å². The van der Waals surface area contributed by atoms with E-state index in [-0.39, 0.29) is 12.3 Å². The highest BCUT2D eigenvalue weighted by Gasteiger charge is 2.18. The number of para-hydroxylation sites is 2. The van der Waals surface area contributed by atoms with E-state index in [1.54, 1.807) is 18.2 Å². The summed E-state index contributed by atoms with van der Waals surface area (Å²) in [7, 11) is 2.13. The molecule has 1 amide bonds. The summed E-state index contributed by atoms with van der Waals surface area (Å²) in [6.45, 7) is 3.93. The molecule has 1 saturated heterocycles. The third-order valence-corrected chi connectivity index (χ3v) is 4.98. The highest BCUT2D eigenvalue weighted by Crippen LogP contribution is 2.27. The maximum Gasteiger partial charge on any atom is 0.228 e. The minimum atomic E-state index is -0.0919. The molecule has 1 aliphatic rings. The van der Waals surface area contributed by atoms with Crippen LogP contribution in [0.1, 0.15) is 5.56 Å². The Balaban J connectivity index is 1.71. The lowest BCUT2D eigenvalue weighted by Crippen LogP contribution is -2.44. The number of likely N-dealkylation sites (N-methyl/N-ethyl adjacent to an activating group) is 1. The summed E-state index contributed by atoms with van der Waals surface area (Å²) in [4.78, 5) is 17.1. The SMILES string of the molecule is CN1CCN(c2ccccc2NC(=O)Cc2ccc(Cl)cc2Cl)CC1. The number of rotatable bonds is 4. The minimum absolute atomic E-state index is 0.0919. The van der Waals surface area contributed by atoms with Gasteiger partial charge in [0.15, 0.2) is 0 Å². The van der Waals surface area contributed by atoms with Gasteiger partial charge in [0.1, 0.15) is 0 Å². The summed E-state index contributed by atoms with van der Waals surface area (Å²) in [6, 6.07) is 13.1. The third-order valence-electron chi connectivity index (χ3n) is 4.39. The Bertz CT molecular complexity index is 758. The smallest absolute Gasteiger partial charge is 0.228 e. The van der Waals surface area contributed by atoms with Gasteiger partial charge in [-0.3, -0.25) is 4.79 Å². The normalized spacial score (nSPS) is 15.2. The second kappa shape index (κ2) is 8.09. The van der Waals surface area contributed by atoms with Crippen LogP contribution in [0, 0.1) is 0 Å². The molecular weight excluding hydrogens is 357 g/mol. The molecule has 0 bridgehead atoms. The number of nitrogens with one attached hydrogen (secondary N) is 1. The van der Waals surface area contributed by atoms with Crippen molar-refractivity contribution < 1.29 is 4.79 Å². The maximum atomic E-state index is 12.5. The van der Waals surface area contributed by atoms with Crippen molar-refractivity contribution in [3.8, 4) is 0 Å². The maximum absolute atomic E-state index is 12.5. The average molecular weight is 378 g/mol. The first-order valence-electron chi connectivity index (χ1n) is 8.29. The predicted molar refractivity (Wildman–Crippen MR) is 105 cm³/mol. The molecule has 0 unspecified atom stereocenters. The molecule has 0 aromatic heterocycles. The van der Waals surface area contributed by atoms with E-state index in [1.807, 2.05) is 18.2 Å². The zero-order chi connectivity index (χ0) is 17.8. The molecule has 1 aliphatic heterocycles. The fourth-order valence-electron chi connectivity index (χ4n) is 2.93. The number of piperazine rings is 1. The Morgan fingerprint density at radius 3 is 2.52 bits per heavy atom. The van der Waals surface area contributed by atoms with Crippen molar-refractivity contribution >= 4 is 40.5 Å². The fourth-order valence-corrected chi connectivity index (χ4v) is 3.41. The quantitative estimate of drug-likeness (QED) is 0.876. The van der Waals surface area contributed by atoms with Crippen LogP contribution in [0.25, 0.3) is 0 Å². The molecule has 1 N–H and O–H groups in total. The van der Waals surface area contributed by atoms with Crippen LogP contribution < -0.4 is 10.2 Å². The van der Waals surface area contributed by atoms with E-state index in [0.29, 0.717) is 10.0 Å². The Morgan fingerprint density at radius 2 is 1.80 bits per heavy atom. The van der Waals surface area contributed by atoms with Crippen molar-refractivity contribution in [3.63, 3.8) is 0 Å². The molecule has 0 atom stereocenters. The first-order chi connectivity index (χ1) is 12.0. The number of anilines is 2. The summed E-state index contributed by atoms with van der Waals surface area (Å²) >= 11 is 12.1. The summed E-state index contributed by atoms with van der Waals surface area (Å²) in [5, 5.41) is 4.10. The average Bonchev–Trinajstić information content (AvgIpc) is 2.59. The topological polar surface area (TPSA) is 35.6 Å². The number of benzene rings is 2. The van der Waals surface area contributed by atoms with Gasteiger partial charge in [-0.1, -0.05) is 41.4 Å². The van der Waals surface area contributed by atoms with Gasteiger partial charge in [-0.2, -0.15) is 0 Å². The molecule has 6 heteroatoms. The lowest BCUT2D eigenvalue weighted by molar-refractivity contribution is -0.115. The monoisotopic (exact) mass is 377 g/mol.